The molecule has 1 aliphatic heterocycles. The predicted molar refractivity (Wildman–Crippen MR) is 90.2 cm³/mol. The Bertz CT molecular complexity index is 928. The second-order valence-corrected chi connectivity index (χ2v) is 6.05. The number of carbonyl (C=O) groups excluding carboxylic acids is 1. The zero-order chi connectivity index (χ0) is 21.2. The number of hydrogen-bond donors (Lipinski definition) is 2. The van der Waals surface area contributed by atoms with Crippen LogP contribution in [0.3, 0.4) is 0 Å². The number of hydrogen-bond acceptors (Lipinski definition) is 6. The molecule has 11 heteroatoms. The minimum atomic E-state index is -3.50. The molecule has 1 fully saturated rings. The maximum Gasteiger partial charge on any atom is 0.310 e. The molecule has 29 heavy (non-hydrogen) atoms. The Morgan fingerprint density at radius 3 is 2.59 bits per heavy atom. The topological polar surface area (TPSA) is 84.2 Å². The summed E-state index contributed by atoms with van der Waals surface area (Å²) in [4.78, 5) is 12.5. The third-order valence-corrected chi connectivity index (χ3v) is 4.16. The van der Waals surface area contributed by atoms with Crippen LogP contribution in [0.25, 0.3) is 0 Å². The van der Waals surface area contributed by atoms with Gasteiger partial charge in [-0.2, -0.15) is 8.78 Å². The summed E-state index contributed by atoms with van der Waals surface area (Å²) in [7, 11) is 1.46. The first-order valence-electron chi connectivity index (χ1n) is 8.26. The largest absolute Gasteiger partial charge is 0.493 e. The molecule has 0 radical (unpaired) electrons. The van der Waals surface area contributed by atoms with Crippen molar-refractivity contribution in [2.75, 3.05) is 7.11 Å². The van der Waals surface area contributed by atoms with E-state index in [1.165, 1.54) is 13.2 Å². The lowest BCUT2D eigenvalue weighted by Gasteiger charge is -2.30. The van der Waals surface area contributed by atoms with Crippen molar-refractivity contribution in [3.63, 3.8) is 0 Å². The average Bonchev–Trinajstić information content (AvgIpc) is 3.31. The van der Waals surface area contributed by atoms with E-state index in [2.05, 4.69) is 0 Å². The highest BCUT2D eigenvalue weighted by molar-refractivity contribution is 5.92. The molecule has 0 bridgehead atoms. The van der Waals surface area contributed by atoms with Gasteiger partial charge in [0.05, 0.1) is 13.5 Å². The number of methoxy groups -OCH3 is 1. The number of nitrogens with zero attached hydrogens (tertiary/aromatic N) is 1. The number of benzene rings is 1. The molecular formula is C18H16F4N2O5. The Morgan fingerprint density at radius 2 is 1.97 bits per heavy atom. The van der Waals surface area contributed by atoms with Crippen molar-refractivity contribution in [2.45, 2.75) is 25.2 Å². The maximum absolute atomic E-state index is 13.3. The van der Waals surface area contributed by atoms with Gasteiger partial charge < -0.3 is 19.0 Å². The zero-order valence-electron chi connectivity index (χ0n) is 15.0. The summed E-state index contributed by atoms with van der Waals surface area (Å²) in [6.45, 7) is -0.121. The minimum Gasteiger partial charge on any atom is -0.493 e. The lowest BCUT2D eigenvalue weighted by Crippen LogP contribution is -2.55. The van der Waals surface area contributed by atoms with Gasteiger partial charge >= 0.3 is 5.91 Å². The Kier molecular flexibility index (Phi) is 5.69. The van der Waals surface area contributed by atoms with Crippen LogP contribution in [-0.4, -0.2) is 35.3 Å². The van der Waals surface area contributed by atoms with Crippen molar-refractivity contribution in [3.8, 4) is 11.5 Å². The third-order valence-electron chi connectivity index (χ3n) is 4.16. The van der Waals surface area contributed by atoms with Gasteiger partial charge in [0.25, 0.3) is 12.5 Å². The number of carbonyl (C=O) groups is 1. The van der Waals surface area contributed by atoms with Crippen molar-refractivity contribution < 1.29 is 41.4 Å². The number of aliphatic hydroxyl groups is 1. The molecule has 1 aromatic heterocycles. The molecule has 2 aromatic rings. The monoisotopic (exact) mass is 416 g/mol. The summed E-state index contributed by atoms with van der Waals surface area (Å²) in [5, 5.41) is 10.1. The fraction of sp³-hybridized carbons (Fsp3) is 0.278. The Labute approximate surface area is 162 Å². The molecule has 1 saturated heterocycles. The smallest absolute Gasteiger partial charge is 0.310 e. The van der Waals surface area contributed by atoms with Crippen molar-refractivity contribution in [2.24, 2.45) is 0 Å². The van der Waals surface area contributed by atoms with E-state index in [-0.39, 0.29) is 17.4 Å². The molecule has 1 atom stereocenters. The van der Waals surface area contributed by atoms with Crippen LogP contribution in [0, 0.1) is 0 Å². The van der Waals surface area contributed by atoms with Gasteiger partial charge in [0.15, 0.2) is 17.3 Å². The fourth-order valence-electron chi connectivity index (χ4n) is 2.69. The highest BCUT2D eigenvalue weighted by Gasteiger charge is 2.54. The van der Waals surface area contributed by atoms with Gasteiger partial charge in [-0.1, -0.05) is 12.1 Å². The molecule has 1 amide bonds. The summed E-state index contributed by atoms with van der Waals surface area (Å²) in [5.41, 5.74) is -2.30. The van der Waals surface area contributed by atoms with Crippen molar-refractivity contribution in [1.29, 1.82) is 0 Å². The average molecular weight is 416 g/mol. The molecule has 7 nitrogen and oxygen atoms in total. The number of halogens is 4. The van der Waals surface area contributed by atoms with Crippen LogP contribution in [0.5, 0.6) is 11.5 Å². The third kappa shape index (κ3) is 3.99. The van der Waals surface area contributed by atoms with Crippen molar-refractivity contribution >= 4 is 5.91 Å². The molecule has 0 aliphatic carbocycles. The van der Waals surface area contributed by atoms with Crippen LogP contribution in [0.4, 0.5) is 17.6 Å². The number of furan rings is 1. The predicted octanol–water partition coefficient (Wildman–Crippen LogP) is 3.28. The Balaban J connectivity index is 1.75. The molecule has 2 N–H and O–H groups in total. The zero-order valence-corrected chi connectivity index (χ0v) is 15.0. The SMILES string of the molecule is COc1ccccc1OCc1ccc(C(=O)N2NC(=C(F)F)CC2(O)C(F)F)o1. The van der Waals surface area contributed by atoms with E-state index in [0.29, 0.717) is 11.5 Å². The maximum atomic E-state index is 13.3. The first-order chi connectivity index (χ1) is 13.8. The van der Waals surface area contributed by atoms with Gasteiger partial charge in [-0.05, 0) is 24.3 Å². The molecule has 1 aromatic carbocycles. The number of amides is 1. The molecule has 1 unspecified atom stereocenters. The molecule has 156 valence electrons. The molecule has 3 rings (SSSR count). The first kappa shape index (κ1) is 20.5. The van der Waals surface area contributed by atoms with Gasteiger partial charge in [-0.15, -0.1) is 0 Å². The number of rotatable bonds is 6. The van der Waals surface area contributed by atoms with E-state index in [0.717, 1.165) is 6.07 Å². The number of nitrogens with one attached hydrogen (secondary N) is 1. The number of ether oxygens (including phenoxy) is 2. The molecule has 2 heterocycles. The first-order valence-corrected chi connectivity index (χ1v) is 8.26. The molecular weight excluding hydrogens is 400 g/mol. The Morgan fingerprint density at radius 1 is 1.28 bits per heavy atom. The van der Waals surface area contributed by atoms with Crippen LogP contribution < -0.4 is 14.9 Å². The number of hydrazine groups is 1. The Hall–Kier alpha value is -3.21. The molecule has 1 aliphatic rings. The van der Waals surface area contributed by atoms with Crippen LogP contribution in [0.2, 0.25) is 0 Å². The van der Waals surface area contributed by atoms with Gasteiger partial charge in [0.1, 0.15) is 18.1 Å². The summed E-state index contributed by atoms with van der Waals surface area (Å²) >= 11 is 0. The van der Waals surface area contributed by atoms with Gasteiger partial charge in [0.2, 0.25) is 5.72 Å². The summed E-state index contributed by atoms with van der Waals surface area (Å²) < 4.78 is 68.0. The standard InChI is InChI=1S/C18H16F4N2O5/c1-27-12-4-2-3-5-13(12)28-9-10-6-7-14(29-10)16(25)24-18(26,17(21)22)8-11(23-24)15(19)20/h2-7,17,23,26H,8-9H2,1H3. The van der Waals surface area contributed by atoms with E-state index in [9.17, 15) is 27.5 Å². The van der Waals surface area contributed by atoms with Crippen molar-refractivity contribution in [3.05, 3.63) is 59.7 Å². The highest BCUT2D eigenvalue weighted by atomic mass is 19.3. The lowest BCUT2D eigenvalue weighted by molar-refractivity contribution is -0.168. The minimum absolute atomic E-state index is 0.0376. The van der Waals surface area contributed by atoms with Gasteiger partial charge in [0, 0.05) is 0 Å². The summed E-state index contributed by atoms with van der Waals surface area (Å²) in [6.07, 6.45) is -6.97. The van der Waals surface area contributed by atoms with Crippen LogP contribution in [-0.2, 0) is 6.61 Å². The second kappa shape index (κ2) is 8.03. The summed E-state index contributed by atoms with van der Waals surface area (Å²) in [6, 6.07) is 9.28. The van der Waals surface area contributed by atoms with Crippen molar-refractivity contribution in [1.82, 2.24) is 10.4 Å². The van der Waals surface area contributed by atoms with E-state index < -0.39 is 42.0 Å². The van der Waals surface area contributed by atoms with E-state index in [4.69, 9.17) is 13.9 Å². The van der Waals surface area contributed by atoms with E-state index in [1.807, 2.05) is 5.43 Å². The van der Waals surface area contributed by atoms with Crippen LogP contribution in [0.15, 0.2) is 52.6 Å². The molecule has 0 saturated carbocycles. The quantitative estimate of drug-likeness (QED) is 0.704. The van der Waals surface area contributed by atoms with Crippen LogP contribution in [0.1, 0.15) is 22.7 Å². The van der Waals surface area contributed by atoms with E-state index in [1.54, 1.807) is 24.3 Å². The normalized spacial score (nSPS) is 18.7. The molecule has 0 spiro atoms. The van der Waals surface area contributed by atoms with Gasteiger partial charge in [-0.3, -0.25) is 10.2 Å². The van der Waals surface area contributed by atoms with Gasteiger partial charge in [-0.25, -0.2) is 13.8 Å². The highest BCUT2D eigenvalue weighted by Crippen LogP contribution is 2.35. The lowest BCUT2D eigenvalue weighted by atomic mass is 10.1. The summed E-state index contributed by atoms with van der Waals surface area (Å²) in [5.74, 6) is -0.665. The second-order valence-electron chi connectivity index (χ2n) is 6.05. The fourth-order valence-corrected chi connectivity index (χ4v) is 2.69. The number of para-hydroxylation sites is 2. The number of alkyl halides is 2. The van der Waals surface area contributed by atoms with Crippen LogP contribution >= 0.6 is 0 Å². The van der Waals surface area contributed by atoms with E-state index >= 15 is 0 Å².